The molecule has 0 atom stereocenters. The first-order chi connectivity index (χ1) is 10.5. The third-order valence-corrected chi connectivity index (χ3v) is 5.12. The van der Waals surface area contributed by atoms with Crippen LogP contribution >= 0.6 is 15.9 Å². The zero-order valence-electron chi connectivity index (χ0n) is 11.6. The maximum absolute atomic E-state index is 12.6. The van der Waals surface area contributed by atoms with Crippen LogP contribution in [-0.2, 0) is 10.0 Å². The third-order valence-electron chi connectivity index (χ3n) is 3.22. The highest BCUT2D eigenvalue weighted by Crippen LogP contribution is 2.29. The largest absolute Gasteiger partial charge is 0.495 e. The van der Waals surface area contributed by atoms with Crippen molar-refractivity contribution in [1.82, 2.24) is 4.98 Å². The van der Waals surface area contributed by atoms with Crippen molar-refractivity contribution in [2.75, 3.05) is 11.8 Å². The van der Waals surface area contributed by atoms with Crippen molar-refractivity contribution in [3.05, 3.63) is 53.1 Å². The molecule has 2 aromatic carbocycles. The molecule has 0 aliphatic heterocycles. The lowest BCUT2D eigenvalue weighted by molar-refractivity contribution is 0.403. The van der Waals surface area contributed by atoms with Gasteiger partial charge in [-0.3, -0.25) is 4.72 Å². The highest BCUT2D eigenvalue weighted by molar-refractivity contribution is 9.10. The van der Waals surface area contributed by atoms with Crippen LogP contribution in [0.3, 0.4) is 0 Å². The second kappa shape index (κ2) is 5.66. The van der Waals surface area contributed by atoms with Crippen molar-refractivity contribution in [3.63, 3.8) is 0 Å². The number of hydrogen-bond acceptors (Lipinski definition) is 3. The minimum Gasteiger partial charge on any atom is -0.495 e. The number of aromatic amines is 1. The quantitative estimate of drug-likeness (QED) is 0.723. The molecule has 0 fully saturated rings. The first kappa shape index (κ1) is 14.9. The van der Waals surface area contributed by atoms with Gasteiger partial charge in [0.1, 0.15) is 10.6 Å². The van der Waals surface area contributed by atoms with Crippen molar-refractivity contribution >= 4 is 42.5 Å². The number of methoxy groups -OCH3 is 1. The lowest BCUT2D eigenvalue weighted by atomic mass is 10.2. The second-order valence-electron chi connectivity index (χ2n) is 4.68. The Morgan fingerprint density at radius 2 is 1.95 bits per heavy atom. The Morgan fingerprint density at radius 3 is 2.73 bits per heavy atom. The van der Waals surface area contributed by atoms with E-state index in [9.17, 15) is 8.42 Å². The number of aromatic nitrogens is 1. The fraction of sp³-hybridized carbons (Fsp3) is 0.0667. The average molecular weight is 381 g/mol. The number of benzene rings is 2. The predicted octanol–water partition coefficient (Wildman–Crippen LogP) is 3.74. The molecule has 0 bridgehead atoms. The van der Waals surface area contributed by atoms with Gasteiger partial charge in [-0.25, -0.2) is 8.42 Å². The molecule has 0 amide bonds. The first-order valence-electron chi connectivity index (χ1n) is 6.43. The topological polar surface area (TPSA) is 71.2 Å². The molecular formula is C15H13BrN2O3S. The van der Waals surface area contributed by atoms with Gasteiger partial charge in [-0.15, -0.1) is 0 Å². The van der Waals surface area contributed by atoms with E-state index in [1.54, 1.807) is 30.5 Å². The molecule has 3 rings (SSSR count). The van der Waals surface area contributed by atoms with Crippen LogP contribution in [0.15, 0.2) is 58.0 Å². The molecule has 22 heavy (non-hydrogen) atoms. The van der Waals surface area contributed by atoms with Gasteiger partial charge in [0.25, 0.3) is 10.0 Å². The van der Waals surface area contributed by atoms with Crippen molar-refractivity contribution < 1.29 is 13.2 Å². The highest BCUT2D eigenvalue weighted by atomic mass is 79.9. The lowest BCUT2D eigenvalue weighted by Gasteiger charge is -2.12. The molecule has 1 aromatic heterocycles. The van der Waals surface area contributed by atoms with Crippen LogP contribution in [-0.4, -0.2) is 20.5 Å². The van der Waals surface area contributed by atoms with Gasteiger partial charge < -0.3 is 9.72 Å². The molecule has 114 valence electrons. The molecule has 0 spiro atoms. The standard InChI is InChI=1S/C15H13BrN2O3S/c1-21-14-5-2-11(16)9-15(14)22(19,20)18-12-3-4-13-10(8-12)6-7-17-13/h2-9,17-18H,1H3. The number of halogens is 1. The van der Waals surface area contributed by atoms with Crippen LogP contribution in [0.2, 0.25) is 0 Å². The molecule has 0 saturated carbocycles. The van der Waals surface area contributed by atoms with E-state index in [4.69, 9.17) is 4.74 Å². The van der Waals surface area contributed by atoms with Gasteiger partial charge in [0.2, 0.25) is 0 Å². The molecule has 0 aliphatic carbocycles. The summed E-state index contributed by atoms with van der Waals surface area (Å²) in [5, 5.41) is 0.932. The monoisotopic (exact) mass is 380 g/mol. The summed E-state index contributed by atoms with van der Waals surface area (Å²) in [6, 6.07) is 12.0. The Kier molecular flexibility index (Phi) is 3.84. The van der Waals surface area contributed by atoms with Gasteiger partial charge in [-0.2, -0.15) is 0 Å². The summed E-state index contributed by atoms with van der Waals surface area (Å²) >= 11 is 3.28. The van der Waals surface area contributed by atoms with E-state index in [0.29, 0.717) is 15.9 Å². The van der Waals surface area contributed by atoms with Crippen LogP contribution in [0.1, 0.15) is 0 Å². The Hall–Kier alpha value is -1.99. The molecule has 0 aliphatic rings. The predicted molar refractivity (Wildman–Crippen MR) is 89.8 cm³/mol. The zero-order valence-corrected chi connectivity index (χ0v) is 14.0. The van der Waals surface area contributed by atoms with Gasteiger partial charge in [0.15, 0.2) is 0 Å². The summed E-state index contributed by atoms with van der Waals surface area (Å²) in [5.41, 5.74) is 1.44. The van der Waals surface area contributed by atoms with E-state index in [2.05, 4.69) is 25.6 Å². The molecule has 5 nitrogen and oxygen atoms in total. The van der Waals surface area contributed by atoms with E-state index in [1.807, 2.05) is 12.1 Å². The SMILES string of the molecule is COc1ccc(Br)cc1S(=O)(=O)Nc1ccc2[nH]ccc2c1. The van der Waals surface area contributed by atoms with Crippen LogP contribution in [0.25, 0.3) is 10.9 Å². The number of rotatable bonds is 4. The Balaban J connectivity index is 2.01. The average Bonchev–Trinajstić information content (AvgIpc) is 2.94. The Bertz CT molecular complexity index is 935. The maximum Gasteiger partial charge on any atom is 0.265 e. The van der Waals surface area contributed by atoms with Crippen molar-refractivity contribution in [1.29, 1.82) is 0 Å². The van der Waals surface area contributed by atoms with Gasteiger partial charge in [-0.1, -0.05) is 15.9 Å². The van der Waals surface area contributed by atoms with E-state index in [-0.39, 0.29) is 4.90 Å². The highest BCUT2D eigenvalue weighted by Gasteiger charge is 2.20. The van der Waals surface area contributed by atoms with Crippen LogP contribution in [0.5, 0.6) is 5.75 Å². The lowest BCUT2D eigenvalue weighted by Crippen LogP contribution is -2.14. The van der Waals surface area contributed by atoms with E-state index < -0.39 is 10.0 Å². The number of hydrogen-bond donors (Lipinski definition) is 2. The second-order valence-corrected chi connectivity index (χ2v) is 7.25. The molecule has 0 saturated heterocycles. The summed E-state index contributed by atoms with van der Waals surface area (Å²) < 4.78 is 33.6. The van der Waals surface area contributed by atoms with E-state index in [1.165, 1.54) is 13.2 Å². The summed E-state index contributed by atoms with van der Waals surface area (Å²) in [4.78, 5) is 3.15. The number of fused-ring (bicyclic) bond motifs is 1. The Labute approximate surface area is 136 Å². The summed E-state index contributed by atoms with van der Waals surface area (Å²) in [6.45, 7) is 0. The number of H-pyrrole nitrogens is 1. The van der Waals surface area contributed by atoms with Crippen LogP contribution in [0.4, 0.5) is 5.69 Å². The normalized spacial score (nSPS) is 11.5. The summed E-state index contributed by atoms with van der Waals surface area (Å²) in [6.07, 6.45) is 1.81. The van der Waals surface area contributed by atoms with Crippen molar-refractivity contribution in [3.8, 4) is 5.75 Å². The summed E-state index contributed by atoms with van der Waals surface area (Å²) in [7, 11) is -2.31. The molecule has 0 radical (unpaired) electrons. The molecule has 3 aromatic rings. The fourth-order valence-electron chi connectivity index (χ4n) is 2.19. The van der Waals surface area contributed by atoms with Gasteiger partial charge >= 0.3 is 0 Å². The number of ether oxygens (including phenoxy) is 1. The van der Waals surface area contributed by atoms with Crippen molar-refractivity contribution in [2.24, 2.45) is 0 Å². The zero-order chi connectivity index (χ0) is 15.7. The van der Waals surface area contributed by atoms with Gasteiger partial charge in [-0.05, 0) is 42.5 Å². The van der Waals surface area contributed by atoms with Crippen LogP contribution in [0, 0.1) is 0 Å². The minimum absolute atomic E-state index is 0.0820. The van der Waals surface area contributed by atoms with Gasteiger partial charge in [0, 0.05) is 27.3 Å². The number of nitrogens with one attached hydrogen (secondary N) is 2. The number of anilines is 1. The molecule has 1 heterocycles. The molecule has 7 heteroatoms. The van der Waals surface area contributed by atoms with E-state index in [0.717, 1.165) is 10.9 Å². The maximum atomic E-state index is 12.6. The van der Waals surface area contributed by atoms with Crippen molar-refractivity contribution in [2.45, 2.75) is 4.90 Å². The first-order valence-corrected chi connectivity index (χ1v) is 8.71. The molecule has 0 unspecified atom stereocenters. The number of sulfonamides is 1. The molecule has 2 N–H and O–H groups in total. The smallest absolute Gasteiger partial charge is 0.265 e. The third kappa shape index (κ3) is 2.82. The fourth-order valence-corrected chi connectivity index (χ4v) is 3.95. The van der Waals surface area contributed by atoms with Gasteiger partial charge in [0.05, 0.1) is 7.11 Å². The van der Waals surface area contributed by atoms with Crippen LogP contribution < -0.4 is 9.46 Å². The molecular weight excluding hydrogens is 368 g/mol. The van der Waals surface area contributed by atoms with E-state index >= 15 is 0 Å². The summed E-state index contributed by atoms with van der Waals surface area (Å²) in [5.74, 6) is 0.290. The minimum atomic E-state index is -3.75. The Morgan fingerprint density at radius 1 is 1.14 bits per heavy atom.